The summed E-state index contributed by atoms with van der Waals surface area (Å²) in [6.45, 7) is 1.75. The van der Waals surface area contributed by atoms with E-state index in [1.165, 1.54) is 12.1 Å². The molecule has 0 fully saturated rings. The Morgan fingerprint density at radius 3 is 2.67 bits per heavy atom. The maximum atomic E-state index is 12.9. The Kier molecular flexibility index (Phi) is 3.61. The molecule has 7 heteroatoms. The smallest absolute Gasteiger partial charge is 0.313 e. The van der Waals surface area contributed by atoms with Crippen molar-refractivity contribution in [2.45, 2.75) is 12.1 Å². The summed E-state index contributed by atoms with van der Waals surface area (Å²) in [5, 5.41) is 16.9. The number of thioether (sulfide) groups is 1. The van der Waals surface area contributed by atoms with Gasteiger partial charge in [0, 0.05) is 5.69 Å². The number of carboxylic acids is 1. The van der Waals surface area contributed by atoms with E-state index >= 15 is 0 Å². The molecule has 0 unspecified atom stereocenters. The minimum Gasteiger partial charge on any atom is -0.481 e. The molecule has 0 amide bonds. The lowest BCUT2D eigenvalue weighted by Crippen LogP contribution is -2.03. The minimum atomic E-state index is -0.925. The van der Waals surface area contributed by atoms with Crippen molar-refractivity contribution in [2.75, 3.05) is 5.75 Å². The number of hydrogen-bond acceptors (Lipinski definition) is 4. The van der Waals surface area contributed by atoms with Gasteiger partial charge in [0.15, 0.2) is 5.16 Å². The van der Waals surface area contributed by atoms with Crippen LogP contribution in [-0.2, 0) is 4.79 Å². The molecule has 1 aromatic carbocycles. The lowest BCUT2D eigenvalue weighted by molar-refractivity contribution is -0.133. The van der Waals surface area contributed by atoms with Crippen LogP contribution in [0.4, 0.5) is 4.39 Å². The number of benzene rings is 1. The van der Waals surface area contributed by atoms with Crippen molar-refractivity contribution in [1.82, 2.24) is 14.8 Å². The van der Waals surface area contributed by atoms with Gasteiger partial charge in [-0.05, 0) is 31.2 Å². The fraction of sp³-hybridized carbons (Fsp3) is 0.182. The van der Waals surface area contributed by atoms with Crippen LogP contribution in [0.5, 0.6) is 0 Å². The van der Waals surface area contributed by atoms with Crippen molar-refractivity contribution in [2.24, 2.45) is 0 Å². The predicted molar refractivity (Wildman–Crippen MR) is 64.4 cm³/mol. The number of hydrogen-bond donors (Lipinski definition) is 1. The molecule has 1 aromatic heterocycles. The van der Waals surface area contributed by atoms with Crippen LogP contribution in [0.2, 0.25) is 0 Å². The topological polar surface area (TPSA) is 68.0 Å². The molecule has 0 aliphatic rings. The molecule has 0 spiro atoms. The molecule has 0 aliphatic carbocycles. The summed E-state index contributed by atoms with van der Waals surface area (Å²) in [4.78, 5) is 10.5. The van der Waals surface area contributed by atoms with Gasteiger partial charge in [0.25, 0.3) is 0 Å². The van der Waals surface area contributed by atoms with Gasteiger partial charge in [-0.3, -0.25) is 9.36 Å². The highest BCUT2D eigenvalue weighted by Crippen LogP contribution is 2.21. The average Bonchev–Trinajstić information content (AvgIpc) is 2.69. The first-order chi connectivity index (χ1) is 8.58. The van der Waals surface area contributed by atoms with Crippen molar-refractivity contribution in [3.05, 3.63) is 35.9 Å². The first kappa shape index (κ1) is 12.6. The Balaban J connectivity index is 2.34. The van der Waals surface area contributed by atoms with Gasteiger partial charge in [-0.25, -0.2) is 4.39 Å². The van der Waals surface area contributed by atoms with E-state index < -0.39 is 5.97 Å². The normalized spacial score (nSPS) is 10.6. The Morgan fingerprint density at radius 2 is 2.06 bits per heavy atom. The van der Waals surface area contributed by atoms with E-state index in [4.69, 9.17) is 5.11 Å². The summed E-state index contributed by atoms with van der Waals surface area (Å²) in [7, 11) is 0. The second kappa shape index (κ2) is 5.18. The van der Waals surface area contributed by atoms with E-state index in [0.29, 0.717) is 16.7 Å². The Labute approximate surface area is 107 Å². The van der Waals surface area contributed by atoms with Gasteiger partial charge in [-0.2, -0.15) is 0 Å². The van der Waals surface area contributed by atoms with E-state index in [1.807, 2.05) is 0 Å². The van der Waals surface area contributed by atoms with Gasteiger partial charge in [0.05, 0.1) is 5.75 Å². The monoisotopic (exact) mass is 267 g/mol. The van der Waals surface area contributed by atoms with Crippen LogP contribution in [0.25, 0.3) is 5.69 Å². The zero-order chi connectivity index (χ0) is 13.1. The van der Waals surface area contributed by atoms with Crippen LogP contribution in [0.1, 0.15) is 5.82 Å². The average molecular weight is 267 g/mol. The largest absolute Gasteiger partial charge is 0.481 e. The molecule has 0 atom stereocenters. The van der Waals surface area contributed by atoms with E-state index in [0.717, 1.165) is 11.8 Å². The number of aromatic nitrogens is 3. The molecule has 0 bridgehead atoms. The second-order valence-electron chi connectivity index (χ2n) is 3.52. The first-order valence-corrected chi connectivity index (χ1v) is 6.09. The fourth-order valence-electron chi connectivity index (χ4n) is 1.45. The molecule has 0 saturated carbocycles. The molecule has 1 N–H and O–H groups in total. The maximum Gasteiger partial charge on any atom is 0.313 e. The van der Waals surface area contributed by atoms with Crippen LogP contribution in [0.15, 0.2) is 29.4 Å². The van der Waals surface area contributed by atoms with E-state index in [-0.39, 0.29) is 11.6 Å². The fourth-order valence-corrected chi connectivity index (χ4v) is 2.17. The van der Waals surface area contributed by atoms with Gasteiger partial charge in [0.1, 0.15) is 11.6 Å². The molecule has 1 heterocycles. The molecular weight excluding hydrogens is 257 g/mol. The zero-order valence-electron chi connectivity index (χ0n) is 9.50. The van der Waals surface area contributed by atoms with Crippen LogP contribution in [0, 0.1) is 12.7 Å². The van der Waals surface area contributed by atoms with Crippen LogP contribution < -0.4 is 0 Å². The van der Waals surface area contributed by atoms with Gasteiger partial charge < -0.3 is 5.11 Å². The molecule has 2 aromatic rings. The number of rotatable bonds is 4. The van der Waals surface area contributed by atoms with Crippen molar-refractivity contribution in [1.29, 1.82) is 0 Å². The van der Waals surface area contributed by atoms with E-state index in [9.17, 15) is 9.18 Å². The number of aryl methyl sites for hydroxylation is 1. The van der Waals surface area contributed by atoms with Crippen molar-refractivity contribution < 1.29 is 14.3 Å². The summed E-state index contributed by atoms with van der Waals surface area (Å²) in [5.41, 5.74) is 0.701. The van der Waals surface area contributed by atoms with Gasteiger partial charge in [-0.15, -0.1) is 10.2 Å². The Hall–Kier alpha value is -1.89. The zero-order valence-corrected chi connectivity index (χ0v) is 10.3. The quantitative estimate of drug-likeness (QED) is 0.857. The molecule has 18 heavy (non-hydrogen) atoms. The van der Waals surface area contributed by atoms with E-state index in [1.54, 1.807) is 23.6 Å². The predicted octanol–water partition coefficient (Wildman–Crippen LogP) is 1.89. The summed E-state index contributed by atoms with van der Waals surface area (Å²) in [6, 6.07) is 5.86. The number of carboxylic acid groups (broad SMARTS) is 1. The van der Waals surface area contributed by atoms with Gasteiger partial charge >= 0.3 is 5.97 Å². The van der Waals surface area contributed by atoms with Crippen molar-refractivity contribution >= 4 is 17.7 Å². The van der Waals surface area contributed by atoms with Crippen molar-refractivity contribution in [3.8, 4) is 5.69 Å². The minimum absolute atomic E-state index is 0.0979. The molecule has 2 rings (SSSR count). The highest BCUT2D eigenvalue weighted by molar-refractivity contribution is 7.99. The molecular formula is C11H10FN3O2S. The lowest BCUT2D eigenvalue weighted by atomic mass is 10.3. The third-order valence-corrected chi connectivity index (χ3v) is 3.12. The van der Waals surface area contributed by atoms with Crippen LogP contribution in [-0.4, -0.2) is 31.6 Å². The third-order valence-electron chi connectivity index (χ3n) is 2.20. The van der Waals surface area contributed by atoms with Crippen LogP contribution in [0.3, 0.4) is 0 Å². The standard InChI is InChI=1S/C11H10FN3O2S/c1-7-13-14-11(18-6-10(16)17)15(7)9-4-2-8(12)3-5-9/h2-5H,6H2,1H3,(H,16,17). The molecule has 0 radical (unpaired) electrons. The summed E-state index contributed by atoms with van der Waals surface area (Å²) in [6.07, 6.45) is 0. The molecule has 0 aliphatic heterocycles. The number of aliphatic carboxylic acids is 1. The van der Waals surface area contributed by atoms with E-state index in [2.05, 4.69) is 10.2 Å². The van der Waals surface area contributed by atoms with Crippen LogP contribution >= 0.6 is 11.8 Å². The number of carbonyl (C=O) groups is 1. The lowest BCUT2D eigenvalue weighted by Gasteiger charge is -2.07. The molecule has 5 nitrogen and oxygen atoms in total. The van der Waals surface area contributed by atoms with Gasteiger partial charge in [0.2, 0.25) is 0 Å². The SMILES string of the molecule is Cc1nnc(SCC(=O)O)n1-c1ccc(F)cc1. The summed E-state index contributed by atoms with van der Waals surface area (Å²) in [5.74, 6) is -0.732. The number of nitrogens with zero attached hydrogens (tertiary/aromatic N) is 3. The highest BCUT2D eigenvalue weighted by Gasteiger charge is 2.12. The van der Waals surface area contributed by atoms with Crippen molar-refractivity contribution in [3.63, 3.8) is 0 Å². The Morgan fingerprint density at radius 1 is 1.39 bits per heavy atom. The summed E-state index contributed by atoms with van der Waals surface area (Å²) < 4.78 is 14.5. The maximum absolute atomic E-state index is 12.9. The first-order valence-electron chi connectivity index (χ1n) is 5.10. The second-order valence-corrected chi connectivity index (χ2v) is 4.47. The molecule has 94 valence electrons. The molecule has 0 saturated heterocycles. The van der Waals surface area contributed by atoms with Gasteiger partial charge in [-0.1, -0.05) is 11.8 Å². The summed E-state index contributed by atoms with van der Waals surface area (Å²) >= 11 is 1.07. The number of halogens is 1. The third kappa shape index (κ3) is 2.67. The Bertz CT molecular complexity index is 568. The highest BCUT2D eigenvalue weighted by atomic mass is 32.2.